The monoisotopic (exact) mass is 408 g/mol. The molecule has 9 heteroatoms. The quantitative estimate of drug-likeness (QED) is 0.433. The Bertz CT molecular complexity index is 1210. The number of aldehydes is 1. The standard InChI is InChI=1S/C21H21FN6O2/c1-23-9-8-15(12-29)24-21-25-18-7-6-14(22)11-17(18)20-26-19(27-28(20)21)13-4-3-5-16(10-13)30-2/h3-7,10-12,15,23H,8-9H2,1-2H3,(H,24,25). The van der Waals surface area contributed by atoms with Crippen LogP contribution in [0.2, 0.25) is 0 Å². The maximum absolute atomic E-state index is 13.9. The Morgan fingerprint density at radius 1 is 1.23 bits per heavy atom. The first-order valence-corrected chi connectivity index (χ1v) is 9.50. The van der Waals surface area contributed by atoms with Crippen molar-refractivity contribution in [1.82, 2.24) is 24.9 Å². The van der Waals surface area contributed by atoms with E-state index in [0.717, 1.165) is 11.8 Å². The average molecular weight is 408 g/mol. The summed E-state index contributed by atoms with van der Waals surface area (Å²) < 4.78 is 20.7. The first kappa shape index (κ1) is 19.7. The molecule has 30 heavy (non-hydrogen) atoms. The molecule has 4 aromatic rings. The Kier molecular flexibility index (Phi) is 5.53. The number of ether oxygens (including phenoxy) is 1. The van der Waals surface area contributed by atoms with Crippen LogP contribution in [0.5, 0.6) is 5.75 Å². The van der Waals surface area contributed by atoms with E-state index in [1.807, 2.05) is 31.3 Å². The summed E-state index contributed by atoms with van der Waals surface area (Å²) in [6.07, 6.45) is 1.40. The number of nitrogens with zero attached hydrogens (tertiary/aromatic N) is 4. The number of carbonyl (C=O) groups is 1. The van der Waals surface area contributed by atoms with Gasteiger partial charge in [0.05, 0.1) is 18.7 Å². The molecule has 0 bridgehead atoms. The number of benzene rings is 2. The smallest absolute Gasteiger partial charge is 0.227 e. The van der Waals surface area contributed by atoms with Crippen LogP contribution < -0.4 is 15.4 Å². The van der Waals surface area contributed by atoms with Gasteiger partial charge in [-0.15, -0.1) is 5.10 Å². The first-order valence-electron chi connectivity index (χ1n) is 9.50. The predicted molar refractivity (Wildman–Crippen MR) is 112 cm³/mol. The number of hydrogen-bond acceptors (Lipinski definition) is 7. The van der Waals surface area contributed by atoms with Gasteiger partial charge in [-0.05, 0) is 50.3 Å². The van der Waals surface area contributed by atoms with Gasteiger partial charge in [-0.1, -0.05) is 12.1 Å². The number of methoxy groups -OCH3 is 1. The van der Waals surface area contributed by atoms with Gasteiger partial charge in [0.15, 0.2) is 11.5 Å². The van der Waals surface area contributed by atoms with Gasteiger partial charge in [0.2, 0.25) is 5.95 Å². The van der Waals surface area contributed by atoms with Crippen LogP contribution >= 0.6 is 0 Å². The third-order valence-electron chi connectivity index (χ3n) is 4.75. The maximum Gasteiger partial charge on any atom is 0.227 e. The summed E-state index contributed by atoms with van der Waals surface area (Å²) in [5.74, 6) is 1.08. The van der Waals surface area contributed by atoms with Crippen molar-refractivity contribution in [2.24, 2.45) is 0 Å². The van der Waals surface area contributed by atoms with E-state index in [1.165, 1.54) is 16.6 Å². The van der Waals surface area contributed by atoms with Crippen molar-refractivity contribution in [3.63, 3.8) is 0 Å². The largest absolute Gasteiger partial charge is 0.497 e. The number of halogens is 1. The third-order valence-corrected chi connectivity index (χ3v) is 4.75. The lowest BCUT2D eigenvalue weighted by atomic mass is 10.2. The number of fused-ring (bicyclic) bond motifs is 3. The summed E-state index contributed by atoms with van der Waals surface area (Å²) in [5, 5.41) is 11.2. The molecule has 0 aliphatic carbocycles. The highest BCUT2D eigenvalue weighted by molar-refractivity contribution is 5.93. The average Bonchev–Trinajstić information content (AvgIpc) is 3.23. The van der Waals surface area contributed by atoms with Crippen molar-refractivity contribution >= 4 is 28.8 Å². The van der Waals surface area contributed by atoms with Gasteiger partial charge in [0.1, 0.15) is 17.9 Å². The van der Waals surface area contributed by atoms with Gasteiger partial charge in [-0.25, -0.2) is 14.4 Å². The van der Waals surface area contributed by atoms with Crippen LogP contribution in [0.1, 0.15) is 6.42 Å². The molecule has 2 aromatic heterocycles. The molecule has 2 heterocycles. The summed E-state index contributed by atoms with van der Waals surface area (Å²) in [6.45, 7) is 0.657. The van der Waals surface area contributed by atoms with Gasteiger partial charge in [-0.3, -0.25) is 0 Å². The van der Waals surface area contributed by atoms with Crippen LogP contribution in [0, 0.1) is 5.82 Å². The second kappa shape index (κ2) is 8.42. The lowest BCUT2D eigenvalue weighted by Crippen LogP contribution is -2.27. The van der Waals surface area contributed by atoms with Gasteiger partial charge in [-0.2, -0.15) is 4.52 Å². The highest BCUT2D eigenvalue weighted by atomic mass is 19.1. The molecule has 4 rings (SSSR count). The second-order valence-corrected chi connectivity index (χ2v) is 6.78. The highest BCUT2D eigenvalue weighted by Crippen LogP contribution is 2.26. The van der Waals surface area contributed by atoms with E-state index in [1.54, 1.807) is 13.2 Å². The molecule has 0 aliphatic heterocycles. The summed E-state index contributed by atoms with van der Waals surface area (Å²) in [4.78, 5) is 20.7. The Morgan fingerprint density at radius 3 is 2.87 bits per heavy atom. The van der Waals surface area contributed by atoms with E-state index in [4.69, 9.17) is 4.74 Å². The molecule has 0 aliphatic rings. The second-order valence-electron chi connectivity index (χ2n) is 6.78. The van der Waals surface area contributed by atoms with Gasteiger partial charge >= 0.3 is 0 Å². The summed E-state index contributed by atoms with van der Waals surface area (Å²) in [5.41, 5.74) is 1.74. The molecule has 2 N–H and O–H groups in total. The molecule has 0 amide bonds. The zero-order valence-electron chi connectivity index (χ0n) is 16.6. The lowest BCUT2D eigenvalue weighted by Gasteiger charge is -2.14. The molecule has 0 fully saturated rings. The van der Waals surface area contributed by atoms with Crippen LogP contribution in [-0.4, -0.2) is 52.6 Å². The maximum atomic E-state index is 13.9. The van der Waals surface area contributed by atoms with Crippen molar-refractivity contribution in [3.8, 4) is 17.1 Å². The fourth-order valence-corrected chi connectivity index (χ4v) is 3.20. The molecule has 0 spiro atoms. The predicted octanol–water partition coefficient (Wildman–Crippen LogP) is 2.68. The third kappa shape index (κ3) is 3.79. The van der Waals surface area contributed by atoms with E-state index in [-0.39, 0.29) is 0 Å². The molecule has 154 valence electrons. The zero-order chi connectivity index (χ0) is 21.1. The van der Waals surface area contributed by atoms with Crippen molar-refractivity contribution in [2.75, 3.05) is 26.0 Å². The normalized spacial score (nSPS) is 12.2. The Balaban J connectivity index is 1.88. The lowest BCUT2D eigenvalue weighted by molar-refractivity contribution is -0.108. The SMILES string of the molecule is CNCCC(C=O)Nc1nc2ccc(F)cc2c2nc(-c3cccc(OC)c3)nn12. The molecular weight excluding hydrogens is 387 g/mol. The zero-order valence-corrected chi connectivity index (χ0v) is 16.6. The highest BCUT2D eigenvalue weighted by Gasteiger charge is 2.18. The molecule has 1 atom stereocenters. The molecule has 0 radical (unpaired) electrons. The van der Waals surface area contributed by atoms with Crippen molar-refractivity contribution in [1.29, 1.82) is 0 Å². The summed E-state index contributed by atoms with van der Waals surface area (Å²) in [6, 6.07) is 11.2. The van der Waals surface area contributed by atoms with Crippen LogP contribution in [0.15, 0.2) is 42.5 Å². The number of anilines is 1. The molecule has 0 saturated carbocycles. The fraction of sp³-hybridized carbons (Fsp3) is 0.238. The van der Waals surface area contributed by atoms with E-state index >= 15 is 0 Å². The van der Waals surface area contributed by atoms with Gasteiger partial charge < -0.3 is 20.2 Å². The Labute approximate surface area is 172 Å². The molecule has 2 aromatic carbocycles. The van der Waals surface area contributed by atoms with Crippen LogP contribution in [0.3, 0.4) is 0 Å². The minimum atomic E-state index is -0.462. The molecular formula is C21H21FN6O2. The fourth-order valence-electron chi connectivity index (χ4n) is 3.20. The van der Waals surface area contributed by atoms with E-state index < -0.39 is 11.9 Å². The number of rotatable bonds is 8. The minimum absolute atomic E-state index is 0.360. The first-order chi connectivity index (χ1) is 14.6. The number of aromatic nitrogens is 4. The Hall–Kier alpha value is -3.59. The van der Waals surface area contributed by atoms with Crippen LogP contribution in [0.4, 0.5) is 10.3 Å². The summed E-state index contributed by atoms with van der Waals surface area (Å²) in [7, 11) is 3.41. The van der Waals surface area contributed by atoms with Gasteiger partial charge in [0.25, 0.3) is 0 Å². The van der Waals surface area contributed by atoms with Crippen molar-refractivity contribution in [3.05, 3.63) is 48.3 Å². The van der Waals surface area contributed by atoms with Crippen LogP contribution in [0.25, 0.3) is 27.9 Å². The molecule has 0 saturated heterocycles. The summed E-state index contributed by atoms with van der Waals surface area (Å²) >= 11 is 0. The van der Waals surface area contributed by atoms with Crippen molar-refractivity contribution in [2.45, 2.75) is 12.5 Å². The van der Waals surface area contributed by atoms with Gasteiger partial charge in [0, 0.05) is 10.9 Å². The Morgan fingerprint density at radius 2 is 2.10 bits per heavy atom. The van der Waals surface area contributed by atoms with E-state index in [2.05, 4.69) is 25.7 Å². The van der Waals surface area contributed by atoms with E-state index in [9.17, 15) is 9.18 Å². The number of carbonyl (C=O) groups excluding carboxylic acids is 1. The van der Waals surface area contributed by atoms with Crippen molar-refractivity contribution < 1.29 is 13.9 Å². The minimum Gasteiger partial charge on any atom is -0.497 e. The molecule has 8 nitrogen and oxygen atoms in total. The number of nitrogens with one attached hydrogen (secondary N) is 2. The van der Waals surface area contributed by atoms with E-state index in [0.29, 0.717) is 47.0 Å². The molecule has 1 unspecified atom stereocenters. The topological polar surface area (TPSA) is 93.4 Å². The van der Waals surface area contributed by atoms with Crippen LogP contribution in [-0.2, 0) is 4.79 Å². The number of hydrogen-bond donors (Lipinski definition) is 2.